The lowest BCUT2D eigenvalue weighted by molar-refractivity contribution is 0.282. The highest BCUT2D eigenvalue weighted by atomic mass is 14.6. The minimum atomic E-state index is 0.351. The summed E-state index contributed by atoms with van der Waals surface area (Å²) in [6.45, 7) is 0. The lowest BCUT2D eigenvalue weighted by Gasteiger charge is -2.33. The predicted molar refractivity (Wildman–Crippen MR) is 62.1 cm³/mol. The van der Waals surface area contributed by atoms with Crippen LogP contribution in [0.2, 0.25) is 0 Å². The maximum absolute atomic E-state index is 9.08. The second-order valence-electron chi connectivity index (χ2n) is 5.60. The normalized spacial score (nSPS) is 47.1. The molecule has 2 saturated carbocycles. The fourth-order valence-electron chi connectivity index (χ4n) is 4.70. The van der Waals surface area contributed by atoms with Gasteiger partial charge in [-0.05, 0) is 41.6 Å². The minimum Gasteiger partial charge on any atom is -0.192 e. The summed E-state index contributed by atoms with van der Waals surface area (Å²) in [5, 5.41) is 18.2. The second-order valence-corrected chi connectivity index (χ2v) is 5.60. The van der Waals surface area contributed by atoms with Gasteiger partial charge in [-0.1, -0.05) is 24.3 Å². The molecule has 2 fully saturated rings. The van der Waals surface area contributed by atoms with E-state index in [0.717, 1.165) is 12.0 Å². The molecule has 4 aliphatic carbocycles. The second kappa shape index (κ2) is 2.90. The van der Waals surface area contributed by atoms with Gasteiger partial charge in [0.05, 0.1) is 0 Å². The van der Waals surface area contributed by atoms with E-state index in [-0.39, 0.29) is 0 Å². The molecule has 4 aliphatic rings. The molecule has 0 amide bonds. The molecule has 0 saturated heterocycles. The standard InChI is InChI=1S/C15H12N2/c16-6-8(7-17)13-5-14-9-1-2-11(13)15-10(9)3-4-12(14)15/h1-4,9-12,14-15H,5H2/t9-,10-,11-,12+,14-,15?/m1/s1. The molecule has 0 aromatic rings. The fraction of sp³-hybridized carbons (Fsp3) is 0.467. The summed E-state index contributed by atoms with van der Waals surface area (Å²) >= 11 is 0. The molecule has 2 nitrogen and oxygen atoms in total. The molecular weight excluding hydrogens is 208 g/mol. The molecular formula is C15H12N2. The Bertz CT molecular complexity index is 551. The van der Waals surface area contributed by atoms with E-state index in [2.05, 4.69) is 36.4 Å². The van der Waals surface area contributed by atoms with Crippen molar-refractivity contribution in [3.05, 3.63) is 35.5 Å². The molecule has 0 aromatic heterocycles. The Morgan fingerprint density at radius 3 is 2.47 bits per heavy atom. The molecule has 0 aliphatic heterocycles. The largest absolute Gasteiger partial charge is 0.192 e. The number of fused-ring (bicyclic) bond motifs is 1. The van der Waals surface area contributed by atoms with Gasteiger partial charge in [-0.3, -0.25) is 0 Å². The molecule has 17 heavy (non-hydrogen) atoms. The topological polar surface area (TPSA) is 47.6 Å². The van der Waals surface area contributed by atoms with Gasteiger partial charge < -0.3 is 0 Å². The molecule has 2 heteroatoms. The first-order chi connectivity index (χ1) is 8.35. The number of rotatable bonds is 0. The Hall–Kier alpha value is -1.80. The smallest absolute Gasteiger partial charge is 0.129 e. The third-order valence-electron chi connectivity index (χ3n) is 5.24. The lowest BCUT2D eigenvalue weighted by Crippen LogP contribution is -2.27. The minimum absolute atomic E-state index is 0.351. The molecule has 0 aromatic carbocycles. The Balaban J connectivity index is 1.90. The highest BCUT2D eigenvalue weighted by molar-refractivity contribution is 5.47. The molecule has 1 unspecified atom stereocenters. The Morgan fingerprint density at radius 2 is 1.71 bits per heavy atom. The van der Waals surface area contributed by atoms with E-state index in [9.17, 15) is 0 Å². The van der Waals surface area contributed by atoms with Gasteiger partial charge in [-0.25, -0.2) is 0 Å². The van der Waals surface area contributed by atoms with Gasteiger partial charge in [-0.15, -0.1) is 0 Å². The number of allylic oxidation sites excluding steroid dienone is 6. The summed E-state index contributed by atoms with van der Waals surface area (Å²) in [6, 6.07) is 4.17. The van der Waals surface area contributed by atoms with E-state index in [0.29, 0.717) is 41.1 Å². The molecule has 4 rings (SSSR count). The number of hydrogen-bond acceptors (Lipinski definition) is 2. The molecule has 0 N–H and O–H groups in total. The van der Waals surface area contributed by atoms with E-state index in [1.807, 2.05) is 0 Å². The zero-order chi connectivity index (χ0) is 11.6. The van der Waals surface area contributed by atoms with Crippen molar-refractivity contribution in [1.82, 2.24) is 0 Å². The van der Waals surface area contributed by atoms with Crippen LogP contribution < -0.4 is 0 Å². The van der Waals surface area contributed by atoms with Crippen LogP contribution >= 0.6 is 0 Å². The Morgan fingerprint density at radius 1 is 1.00 bits per heavy atom. The van der Waals surface area contributed by atoms with Crippen molar-refractivity contribution in [1.29, 1.82) is 10.5 Å². The summed E-state index contributed by atoms with van der Waals surface area (Å²) < 4.78 is 0. The molecule has 0 radical (unpaired) electrons. The van der Waals surface area contributed by atoms with E-state index < -0.39 is 0 Å². The van der Waals surface area contributed by atoms with Gasteiger partial charge >= 0.3 is 0 Å². The average Bonchev–Trinajstić information content (AvgIpc) is 2.77. The number of nitriles is 2. The first-order valence-electron chi connectivity index (χ1n) is 6.25. The van der Waals surface area contributed by atoms with Crippen LogP contribution in [-0.4, -0.2) is 0 Å². The van der Waals surface area contributed by atoms with Crippen LogP contribution in [0.1, 0.15) is 6.42 Å². The predicted octanol–water partition coefficient (Wildman–Crippen LogP) is 2.58. The van der Waals surface area contributed by atoms with E-state index in [4.69, 9.17) is 10.5 Å². The van der Waals surface area contributed by atoms with Gasteiger partial charge in [0.25, 0.3) is 0 Å². The van der Waals surface area contributed by atoms with Crippen molar-refractivity contribution in [2.75, 3.05) is 0 Å². The highest BCUT2D eigenvalue weighted by Crippen LogP contribution is 2.65. The monoisotopic (exact) mass is 220 g/mol. The fourth-order valence-corrected chi connectivity index (χ4v) is 4.70. The zero-order valence-electron chi connectivity index (χ0n) is 9.38. The van der Waals surface area contributed by atoms with Gasteiger partial charge in [0, 0.05) is 5.92 Å². The first kappa shape index (κ1) is 9.25. The molecule has 82 valence electrons. The van der Waals surface area contributed by atoms with E-state index in [1.54, 1.807) is 0 Å². The van der Waals surface area contributed by atoms with Gasteiger partial charge in [0.1, 0.15) is 17.7 Å². The van der Waals surface area contributed by atoms with Crippen molar-refractivity contribution in [3.8, 4) is 12.1 Å². The summed E-state index contributed by atoms with van der Waals surface area (Å²) in [7, 11) is 0. The van der Waals surface area contributed by atoms with Crippen LogP contribution in [0.25, 0.3) is 0 Å². The Kier molecular flexibility index (Phi) is 1.58. The molecule has 0 heterocycles. The average molecular weight is 220 g/mol. The van der Waals surface area contributed by atoms with Gasteiger partial charge in [-0.2, -0.15) is 10.5 Å². The summed E-state index contributed by atoms with van der Waals surface area (Å²) in [4.78, 5) is 0. The van der Waals surface area contributed by atoms with Crippen LogP contribution in [-0.2, 0) is 0 Å². The van der Waals surface area contributed by atoms with Crippen LogP contribution in [0.5, 0.6) is 0 Å². The summed E-state index contributed by atoms with van der Waals surface area (Å²) in [5.74, 6) is 3.70. The van der Waals surface area contributed by atoms with Crippen molar-refractivity contribution in [2.45, 2.75) is 6.42 Å². The number of hydrogen-bond donors (Lipinski definition) is 0. The van der Waals surface area contributed by atoms with E-state index in [1.165, 1.54) is 0 Å². The third kappa shape index (κ3) is 0.910. The molecule has 5 bridgehead atoms. The zero-order valence-corrected chi connectivity index (χ0v) is 9.38. The van der Waals surface area contributed by atoms with Gasteiger partial charge in [0.15, 0.2) is 0 Å². The third-order valence-corrected chi connectivity index (χ3v) is 5.24. The summed E-state index contributed by atoms with van der Waals surface area (Å²) in [5.41, 5.74) is 1.49. The van der Waals surface area contributed by atoms with Gasteiger partial charge in [0.2, 0.25) is 0 Å². The molecule has 0 spiro atoms. The van der Waals surface area contributed by atoms with Crippen molar-refractivity contribution in [3.63, 3.8) is 0 Å². The molecule has 6 atom stereocenters. The first-order valence-corrected chi connectivity index (χ1v) is 6.25. The van der Waals surface area contributed by atoms with Crippen molar-refractivity contribution >= 4 is 0 Å². The maximum atomic E-state index is 9.08. The quantitative estimate of drug-likeness (QED) is 0.465. The van der Waals surface area contributed by atoms with Crippen LogP contribution in [0.4, 0.5) is 0 Å². The number of nitrogens with zero attached hydrogens (tertiary/aromatic N) is 2. The van der Waals surface area contributed by atoms with Crippen LogP contribution in [0.15, 0.2) is 35.5 Å². The van der Waals surface area contributed by atoms with Crippen LogP contribution in [0.3, 0.4) is 0 Å². The van der Waals surface area contributed by atoms with Crippen molar-refractivity contribution in [2.24, 2.45) is 35.5 Å². The van der Waals surface area contributed by atoms with E-state index >= 15 is 0 Å². The maximum Gasteiger partial charge on any atom is 0.129 e. The van der Waals surface area contributed by atoms with Crippen molar-refractivity contribution < 1.29 is 0 Å². The Labute approximate surface area is 101 Å². The SMILES string of the molecule is N#CC(C#N)=C1C[C@@H]2[C@@H]3C=C[C@H]1C1[C@H]2C=C[C@@H]13. The summed E-state index contributed by atoms with van der Waals surface area (Å²) in [6.07, 6.45) is 10.3. The van der Waals surface area contributed by atoms with Crippen LogP contribution in [0, 0.1) is 58.2 Å². The lowest BCUT2D eigenvalue weighted by atomic mass is 9.69. The highest BCUT2D eigenvalue weighted by Gasteiger charge is 2.58.